The number of rotatable bonds is 8. The smallest absolute Gasteiger partial charge is 0.242 e. The summed E-state index contributed by atoms with van der Waals surface area (Å²) in [7, 11) is 0. The summed E-state index contributed by atoms with van der Waals surface area (Å²) in [6.07, 6.45) is 2.70. The molecule has 1 aliphatic rings. The maximum absolute atomic E-state index is 12.7. The molecule has 2 N–H and O–H groups in total. The molecule has 1 heterocycles. The van der Waals surface area contributed by atoms with Gasteiger partial charge in [-0.25, -0.2) is 0 Å². The van der Waals surface area contributed by atoms with Crippen molar-refractivity contribution in [1.82, 2.24) is 10.6 Å². The number of carbonyl (C=O) groups excluding carboxylic acids is 3. The minimum Gasteiger partial charge on any atom is -0.352 e. The number of carbonyl (C=O) groups is 3. The molecule has 6 nitrogen and oxygen atoms in total. The molecule has 2 rings (SSSR count). The molecule has 1 aliphatic heterocycles. The van der Waals surface area contributed by atoms with E-state index in [1.807, 2.05) is 50.4 Å². The average molecular weight is 378 g/mol. The van der Waals surface area contributed by atoms with Crippen LogP contribution in [0.1, 0.15) is 26.7 Å². The molecule has 26 heavy (non-hydrogen) atoms. The van der Waals surface area contributed by atoms with E-state index < -0.39 is 12.0 Å². The van der Waals surface area contributed by atoms with E-state index in [0.717, 1.165) is 11.4 Å². The van der Waals surface area contributed by atoms with E-state index in [4.69, 9.17) is 0 Å². The van der Waals surface area contributed by atoms with E-state index in [1.165, 1.54) is 0 Å². The highest BCUT2D eigenvalue weighted by atomic mass is 32.2. The van der Waals surface area contributed by atoms with Gasteiger partial charge in [0.05, 0.1) is 5.92 Å². The number of thioether (sulfide) groups is 1. The zero-order valence-electron chi connectivity index (χ0n) is 15.5. The van der Waals surface area contributed by atoms with Gasteiger partial charge in [0.2, 0.25) is 17.7 Å². The van der Waals surface area contributed by atoms with Crippen LogP contribution in [0.2, 0.25) is 0 Å². The van der Waals surface area contributed by atoms with Gasteiger partial charge in [-0.2, -0.15) is 11.8 Å². The number of hydrogen-bond acceptors (Lipinski definition) is 4. The van der Waals surface area contributed by atoms with Crippen molar-refractivity contribution >= 4 is 35.2 Å². The van der Waals surface area contributed by atoms with Crippen molar-refractivity contribution in [3.05, 3.63) is 30.3 Å². The molecule has 0 saturated carbocycles. The van der Waals surface area contributed by atoms with Gasteiger partial charge in [0, 0.05) is 24.7 Å². The second-order valence-electron chi connectivity index (χ2n) is 6.75. The normalized spacial score (nSPS) is 18.1. The maximum Gasteiger partial charge on any atom is 0.242 e. The Morgan fingerprint density at radius 2 is 1.92 bits per heavy atom. The first-order valence-electron chi connectivity index (χ1n) is 8.87. The Morgan fingerprint density at radius 1 is 1.23 bits per heavy atom. The number of amides is 3. The molecule has 1 aromatic carbocycles. The summed E-state index contributed by atoms with van der Waals surface area (Å²) in [4.78, 5) is 38.9. The van der Waals surface area contributed by atoms with Crippen LogP contribution in [0.25, 0.3) is 0 Å². The van der Waals surface area contributed by atoms with Crippen LogP contribution in [0.4, 0.5) is 5.69 Å². The van der Waals surface area contributed by atoms with Crippen molar-refractivity contribution in [3.63, 3.8) is 0 Å². The Morgan fingerprint density at radius 3 is 2.54 bits per heavy atom. The molecule has 1 aromatic rings. The molecule has 2 unspecified atom stereocenters. The van der Waals surface area contributed by atoms with Gasteiger partial charge in [0.25, 0.3) is 0 Å². The fourth-order valence-corrected chi connectivity index (χ4v) is 3.39. The van der Waals surface area contributed by atoms with Crippen LogP contribution in [0, 0.1) is 5.92 Å². The molecule has 0 radical (unpaired) electrons. The van der Waals surface area contributed by atoms with Crippen LogP contribution in [-0.4, -0.2) is 48.4 Å². The molecule has 1 fully saturated rings. The molecule has 142 valence electrons. The van der Waals surface area contributed by atoms with Gasteiger partial charge in [-0.1, -0.05) is 18.2 Å². The summed E-state index contributed by atoms with van der Waals surface area (Å²) in [5.41, 5.74) is 0.796. The standard InChI is InChI=1S/C19H27N3O3S/c1-13(2)20-19(25)16(9-10-26-3)21-18(24)14-11-17(23)22(12-14)15-7-5-4-6-8-15/h4-8,13-14,16H,9-12H2,1-3H3,(H,20,25)(H,21,24). The number of anilines is 1. The minimum absolute atomic E-state index is 0.0119. The van der Waals surface area contributed by atoms with Gasteiger partial charge in [-0.3, -0.25) is 14.4 Å². The summed E-state index contributed by atoms with van der Waals surface area (Å²) in [5, 5.41) is 5.70. The van der Waals surface area contributed by atoms with E-state index in [2.05, 4.69) is 10.6 Å². The molecule has 1 saturated heterocycles. The lowest BCUT2D eigenvalue weighted by atomic mass is 10.1. The molecular weight excluding hydrogens is 350 g/mol. The van der Waals surface area contributed by atoms with Crippen molar-refractivity contribution in [2.45, 2.75) is 38.8 Å². The Kier molecular flexibility index (Phi) is 7.50. The number of nitrogens with one attached hydrogen (secondary N) is 2. The first-order valence-corrected chi connectivity index (χ1v) is 10.3. The van der Waals surface area contributed by atoms with Crippen molar-refractivity contribution in [1.29, 1.82) is 0 Å². The third-order valence-electron chi connectivity index (χ3n) is 4.24. The summed E-state index contributed by atoms with van der Waals surface area (Å²) in [6, 6.07) is 8.77. The molecule has 3 amide bonds. The summed E-state index contributed by atoms with van der Waals surface area (Å²) in [5.74, 6) is -0.140. The van der Waals surface area contributed by atoms with Gasteiger partial charge in [0.1, 0.15) is 6.04 Å². The lowest BCUT2D eigenvalue weighted by molar-refractivity contribution is -0.131. The van der Waals surface area contributed by atoms with Crippen molar-refractivity contribution in [2.24, 2.45) is 5.92 Å². The third kappa shape index (κ3) is 5.49. The number of nitrogens with zero attached hydrogens (tertiary/aromatic N) is 1. The molecule has 0 spiro atoms. The first kappa shape index (κ1) is 20.3. The van der Waals surface area contributed by atoms with Gasteiger partial charge < -0.3 is 15.5 Å². The van der Waals surface area contributed by atoms with E-state index in [0.29, 0.717) is 13.0 Å². The molecule has 2 atom stereocenters. The Bertz CT molecular complexity index is 636. The van der Waals surface area contributed by atoms with Crippen molar-refractivity contribution in [3.8, 4) is 0 Å². The van der Waals surface area contributed by atoms with Crippen LogP contribution >= 0.6 is 11.8 Å². The highest BCUT2D eigenvalue weighted by molar-refractivity contribution is 7.98. The highest BCUT2D eigenvalue weighted by Crippen LogP contribution is 2.25. The second-order valence-corrected chi connectivity index (χ2v) is 7.73. The predicted molar refractivity (Wildman–Crippen MR) is 105 cm³/mol. The largest absolute Gasteiger partial charge is 0.352 e. The molecular formula is C19H27N3O3S. The number of hydrogen-bond donors (Lipinski definition) is 2. The predicted octanol–water partition coefficient (Wildman–Crippen LogP) is 1.80. The fourth-order valence-electron chi connectivity index (χ4n) is 2.92. The SMILES string of the molecule is CSCCC(NC(=O)C1CC(=O)N(c2ccccc2)C1)C(=O)NC(C)C. The quantitative estimate of drug-likeness (QED) is 0.724. The lowest BCUT2D eigenvalue weighted by Gasteiger charge is -2.21. The molecule has 0 bridgehead atoms. The Labute approximate surface area is 159 Å². The van der Waals surface area contributed by atoms with Crippen molar-refractivity contribution < 1.29 is 14.4 Å². The molecule has 0 aromatic heterocycles. The van der Waals surface area contributed by atoms with E-state index in [1.54, 1.807) is 16.7 Å². The van der Waals surface area contributed by atoms with Gasteiger partial charge in [-0.05, 0) is 44.4 Å². The fraction of sp³-hybridized carbons (Fsp3) is 0.526. The second kappa shape index (κ2) is 9.62. The van der Waals surface area contributed by atoms with Crippen LogP contribution in [0.15, 0.2) is 30.3 Å². The van der Waals surface area contributed by atoms with E-state index in [9.17, 15) is 14.4 Å². The van der Waals surface area contributed by atoms with Gasteiger partial charge in [0.15, 0.2) is 0 Å². The van der Waals surface area contributed by atoms with Crippen molar-refractivity contribution in [2.75, 3.05) is 23.5 Å². The van der Waals surface area contributed by atoms with E-state index in [-0.39, 0.29) is 30.2 Å². The average Bonchev–Trinajstić information content (AvgIpc) is 3.00. The first-order chi connectivity index (χ1) is 12.4. The van der Waals surface area contributed by atoms with Gasteiger partial charge >= 0.3 is 0 Å². The Balaban J connectivity index is 2.00. The molecule has 7 heteroatoms. The topological polar surface area (TPSA) is 78.5 Å². The van der Waals surface area contributed by atoms with Crippen LogP contribution in [-0.2, 0) is 14.4 Å². The summed E-state index contributed by atoms with van der Waals surface area (Å²) >= 11 is 1.63. The molecule has 0 aliphatic carbocycles. The lowest BCUT2D eigenvalue weighted by Crippen LogP contribution is -2.50. The zero-order chi connectivity index (χ0) is 19.1. The van der Waals surface area contributed by atoms with Crippen LogP contribution in [0.3, 0.4) is 0 Å². The highest BCUT2D eigenvalue weighted by Gasteiger charge is 2.36. The van der Waals surface area contributed by atoms with E-state index >= 15 is 0 Å². The zero-order valence-corrected chi connectivity index (χ0v) is 16.3. The van der Waals surface area contributed by atoms with Crippen LogP contribution in [0.5, 0.6) is 0 Å². The number of para-hydroxylation sites is 1. The number of benzene rings is 1. The summed E-state index contributed by atoms with van der Waals surface area (Å²) < 4.78 is 0. The third-order valence-corrected chi connectivity index (χ3v) is 4.88. The Hall–Kier alpha value is -2.02. The summed E-state index contributed by atoms with van der Waals surface area (Å²) in [6.45, 7) is 4.12. The monoisotopic (exact) mass is 377 g/mol. The maximum atomic E-state index is 12.7. The van der Waals surface area contributed by atoms with Gasteiger partial charge in [-0.15, -0.1) is 0 Å². The minimum atomic E-state index is -0.571. The van der Waals surface area contributed by atoms with Crippen LogP contribution < -0.4 is 15.5 Å².